The number of ether oxygens (including phenoxy) is 2. The van der Waals surface area contributed by atoms with E-state index in [9.17, 15) is 4.39 Å². The maximum atomic E-state index is 13.4. The van der Waals surface area contributed by atoms with Gasteiger partial charge in [0.05, 0.1) is 6.61 Å². The molecule has 1 N–H and O–H groups in total. The van der Waals surface area contributed by atoms with Gasteiger partial charge in [-0.25, -0.2) is 4.39 Å². The smallest absolute Gasteiger partial charge is 0.124 e. The highest BCUT2D eigenvalue weighted by Crippen LogP contribution is 2.20. The van der Waals surface area contributed by atoms with Gasteiger partial charge in [-0.1, -0.05) is 0 Å². The van der Waals surface area contributed by atoms with E-state index in [0.717, 1.165) is 37.5 Å². The van der Waals surface area contributed by atoms with E-state index in [1.807, 2.05) is 0 Å². The van der Waals surface area contributed by atoms with Gasteiger partial charge >= 0.3 is 0 Å². The van der Waals surface area contributed by atoms with Crippen molar-refractivity contribution in [1.82, 2.24) is 10.2 Å². The quantitative estimate of drug-likeness (QED) is 0.707. The summed E-state index contributed by atoms with van der Waals surface area (Å²) in [6, 6.07) is 4.70. The van der Waals surface area contributed by atoms with Crippen molar-refractivity contribution in [3.8, 4) is 5.75 Å². The monoisotopic (exact) mass is 296 g/mol. The number of nitrogens with one attached hydrogen (secondary N) is 1. The molecule has 0 amide bonds. The second-order valence-electron chi connectivity index (χ2n) is 5.32. The molecule has 2 rings (SSSR count). The maximum absolute atomic E-state index is 13.4. The molecule has 0 spiro atoms. The number of methoxy groups -OCH3 is 1. The third kappa shape index (κ3) is 5.61. The molecule has 0 aliphatic carbocycles. The van der Waals surface area contributed by atoms with Gasteiger partial charge in [-0.3, -0.25) is 4.90 Å². The van der Waals surface area contributed by atoms with Crippen LogP contribution in [0, 0.1) is 5.82 Å². The van der Waals surface area contributed by atoms with E-state index in [1.165, 1.54) is 25.0 Å². The Kier molecular flexibility index (Phi) is 6.92. The summed E-state index contributed by atoms with van der Waals surface area (Å²) >= 11 is 0. The van der Waals surface area contributed by atoms with Crippen molar-refractivity contribution in [2.75, 3.05) is 46.5 Å². The number of hydrogen-bond acceptors (Lipinski definition) is 4. The van der Waals surface area contributed by atoms with Crippen LogP contribution in [0.5, 0.6) is 5.75 Å². The molecular weight excluding hydrogens is 271 g/mol. The summed E-state index contributed by atoms with van der Waals surface area (Å²) in [5.41, 5.74) is 0.854. The van der Waals surface area contributed by atoms with Crippen LogP contribution >= 0.6 is 0 Å². The van der Waals surface area contributed by atoms with E-state index in [-0.39, 0.29) is 5.82 Å². The summed E-state index contributed by atoms with van der Waals surface area (Å²) < 4.78 is 24.2. The van der Waals surface area contributed by atoms with Gasteiger partial charge in [-0.05, 0) is 44.1 Å². The normalized spacial score (nSPS) is 15.5. The molecule has 0 unspecified atom stereocenters. The van der Waals surface area contributed by atoms with E-state index < -0.39 is 0 Å². The Morgan fingerprint density at radius 1 is 1.24 bits per heavy atom. The summed E-state index contributed by atoms with van der Waals surface area (Å²) in [7, 11) is 1.66. The van der Waals surface area contributed by atoms with E-state index >= 15 is 0 Å². The van der Waals surface area contributed by atoms with Gasteiger partial charge in [0.15, 0.2) is 0 Å². The molecule has 1 aliphatic rings. The molecule has 0 saturated carbocycles. The highest BCUT2D eigenvalue weighted by atomic mass is 19.1. The van der Waals surface area contributed by atoms with Gasteiger partial charge in [0.2, 0.25) is 0 Å². The molecule has 0 radical (unpaired) electrons. The van der Waals surface area contributed by atoms with Crippen molar-refractivity contribution >= 4 is 0 Å². The van der Waals surface area contributed by atoms with E-state index in [4.69, 9.17) is 9.47 Å². The number of benzene rings is 1. The first kappa shape index (κ1) is 16.2. The Hall–Kier alpha value is -1.17. The van der Waals surface area contributed by atoms with Crippen LogP contribution in [0.25, 0.3) is 0 Å². The predicted octanol–water partition coefficient (Wildman–Crippen LogP) is 2.04. The lowest BCUT2D eigenvalue weighted by atomic mass is 10.2. The zero-order chi connectivity index (χ0) is 14.9. The van der Waals surface area contributed by atoms with Crippen LogP contribution in [0.3, 0.4) is 0 Å². The Morgan fingerprint density at radius 2 is 2.05 bits per heavy atom. The maximum Gasteiger partial charge on any atom is 0.124 e. The predicted molar refractivity (Wildman–Crippen MR) is 81.2 cm³/mol. The molecule has 1 fully saturated rings. The van der Waals surface area contributed by atoms with Crippen molar-refractivity contribution in [2.45, 2.75) is 19.4 Å². The van der Waals surface area contributed by atoms with E-state index in [2.05, 4.69) is 10.2 Å². The van der Waals surface area contributed by atoms with Gasteiger partial charge < -0.3 is 14.8 Å². The first-order chi connectivity index (χ1) is 10.3. The number of halogens is 1. The molecule has 0 bridgehead atoms. The molecule has 21 heavy (non-hydrogen) atoms. The fourth-order valence-corrected chi connectivity index (χ4v) is 2.52. The van der Waals surface area contributed by atoms with Crippen LogP contribution < -0.4 is 10.1 Å². The summed E-state index contributed by atoms with van der Waals surface area (Å²) in [6.07, 6.45) is 2.57. The SMILES string of the molecule is COCCNCc1cc(F)ccc1OCCN1CCCC1. The average Bonchev–Trinajstić information content (AvgIpc) is 2.99. The molecule has 1 heterocycles. The molecule has 118 valence electrons. The van der Waals surface area contributed by atoms with Crippen molar-refractivity contribution < 1.29 is 13.9 Å². The molecule has 1 aromatic carbocycles. The van der Waals surface area contributed by atoms with E-state index in [0.29, 0.717) is 19.8 Å². The van der Waals surface area contributed by atoms with Crippen molar-refractivity contribution in [3.63, 3.8) is 0 Å². The first-order valence-electron chi connectivity index (χ1n) is 7.63. The molecule has 0 atom stereocenters. The Balaban J connectivity index is 1.81. The molecule has 0 aromatic heterocycles. The number of hydrogen-bond donors (Lipinski definition) is 1. The van der Waals surface area contributed by atoms with Crippen molar-refractivity contribution in [2.24, 2.45) is 0 Å². The van der Waals surface area contributed by atoms with Crippen LogP contribution in [0.4, 0.5) is 4.39 Å². The summed E-state index contributed by atoms with van der Waals surface area (Å²) in [5, 5.41) is 3.22. The average molecular weight is 296 g/mol. The van der Waals surface area contributed by atoms with Gasteiger partial charge in [0.1, 0.15) is 18.2 Å². The van der Waals surface area contributed by atoms with Crippen molar-refractivity contribution in [1.29, 1.82) is 0 Å². The zero-order valence-electron chi connectivity index (χ0n) is 12.7. The van der Waals surface area contributed by atoms with Gasteiger partial charge in [0, 0.05) is 32.3 Å². The van der Waals surface area contributed by atoms with Gasteiger partial charge in [0.25, 0.3) is 0 Å². The van der Waals surface area contributed by atoms with Crippen LogP contribution in [0.15, 0.2) is 18.2 Å². The lowest BCUT2D eigenvalue weighted by molar-refractivity contribution is 0.198. The second-order valence-corrected chi connectivity index (χ2v) is 5.32. The minimum atomic E-state index is -0.231. The second kappa shape index (κ2) is 8.97. The number of nitrogens with zero attached hydrogens (tertiary/aromatic N) is 1. The van der Waals surface area contributed by atoms with Crippen molar-refractivity contribution in [3.05, 3.63) is 29.6 Å². The Bertz CT molecular complexity index is 423. The fourth-order valence-electron chi connectivity index (χ4n) is 2.52. The van der Waals surface area contributed by atoms with Gasteiger partial charge in [-0.2, -0.15) is 0 Å². The third-order valence-electron chi connectivity index (χ3n) is 3.68. The standard InChI is InChI=1S/C16H25FN2O2/c1-20-10-6-18-13-14-12-15(17)4-5-16(14)21-11-9-19-7-2-3-8-19/h4-5,12,18H,2-3,6-11,13H2,1H3. The van der Waals surface area contributed by atoms with Crippen LogP contribution in [-0.2, 0) is 11.3 Å². The number of likely N-dealkylation sites (tertiary alicyclic amines) is 1. The lowest BCUT2D eigenvalue weighted by Gasteiger charge is -2.17. The molecule has 1 saturated heterocycles. The molecule has 1 aromatic rings. The topological polar surface area (TPSA) is 33.7 Å². The summed E-state index contributed by atoms with van der Waals surface area (Å²) in [5.74, 6) is 0.533. The zero-order valence-corrected chi connectivity index (χ0v) is 12.7. The molecule has 4 nitrogen and oxygen atoms in total. The minimum absolute atomic E-state index is 0.231. The van der Waals surface area contributed by atoms with Gasteiger partial charge in [-0.15, -0.1) is 0 Å². The number of rotatable bonds is 9. The molecular formula is C16H25FN2O2. The van der Waals surface area contributed by atoms with Crippen LogP contribution in [0.1, 0.15) is 18.4 Å². The largest absolute Gasteiger partial charge is 0.492 e. The minimum Gasteiger partial charge on any atom is -0.492 e. The van der Waals surface area contributed by atoms with Crippen LogP contribution in [-0.4, -0.2) is 51.4 Å². The molecule has 5 heteroatoms. The molecule has 1 aliphatic heterocycles. The summed E-state index contributed by atoms with van der Waals surface area (Å²) in [4.78, 5) is 2.40. The lowest BCUT2D eigenvalue weighted by Crippen LogP contribution is -2.25. The fraction of sp³-hybridized carbons (Fsp3) is 0.625. The first-order valence-corrected chi connectivity index (χ1v) is 7.63. The van der Waals surface area contributed by atoms with Crippen LogP contribution in [0.2, 0.25) is 0 Å². The Labute approximate surface area is 126 Å². The summed E-state index contributed by atoms with van der Waals surface area (Å²) in [6.45, 7) is 5.88. The third-order valence-corrected chi connectivity index (χ3v) is 3.68. The Morgan fingerprint density at radius 3 is 2.81 bits per heavy atom. The van der Waals surface area contributed by atoms with E-state index in [1.54, 1.807) is 13.2 Å². The highest BCUT2D eigenvalue weighted by Gasteiger charge is 2.11. The highest BCUT2D eigenvalue weighted by molar-refractivity contribution is 5.33.